The third-order valence-electron chi connectivity index (χ3n) is 5.49. The van der Waals surface area contributed by atoms with Gasteiger partial charge in [-0.15, -0.1) is 11.3 Å². The predicted molar refractivity (Wildman–Crippen MR) is 114 cm³/mol. The highest BCUT2D eigenvalue weighted by Crippen LogP contribution is 2.39. The molecule has 28 heavy (non-hydrogen) atoms. The van der Waals surface area contributed by atoms with Crippen LogP contribution in [0.3, 0.4) is 0 Å². The number of halogens is 1. The molecule has 1 N–H and O–H groups in total. The molecule has 1 aromatic carbocycles. The molecule has 0 saturated heterocycles. The van der Waals surface area contributed by atoms with Gasteiger partial charge in [-0.2, -0.15) is 0 Å². The van der Waals surface area contributed by atoms with Crippen LogP contribution in [0.4, 0.5) is 5.69 Å². The number of hydrogen-bond acceptors (Lipinski definition) is 4. The summed E-state index contributed by atoms with van der Waals surface area (Å²) in [5, 5.41) is 3.02. The van der Waals surface area contributed by atoms with Gasteiger partial charge in [0.25, 0.3) is 11.5 Å². The molecule has 0 unspecified atom stereocenters. The van der Waals surface area contributed by atoms with Crippen molar-refractivity contribution in [3.05, 3.63) is 62.0 Å². The van der Waals surface area contributed by atoms with Gasteiger partial charge in [-0.3, -0.25) is 14.0 Å². The molecule has 0 aliphatic heterocycles. The maximum atomic E-state index is 13.1. The van der Waals surface area contributed by atoms with Gasteiger partial charge >= 0.3 is 0 Å². The number of carbonyl (C=O) groups is 1. The van der Waals surface area contributed by atoms with Crippen molar-refractivity contribution in [2.75, 3.05) is 5.32 Å². The first-order valence-corrected chi connectivity index (χ1v) is 10.5. The quantitative estimate of drug-likeness (QED) is 0.653. The number of amides is 1. The second-order valence-corrected chi connectivity index (χ2v) is 9.78. The summed E-state index contributed by atoms with van der Waals surface area (Å²) in [4.78, 5) is 32.0. The van der Waals surface area contributed by atoms with Gasteiger partial charge in [-0.1, -0.05) is 44.5 Å². The zero-order chi connectivity index (χ0) is 20.1. The zero-order valence-electron chi connectivity index (χ0n) is 16.1. The highest BCUT2D eigenvalue weighted by molar-refractivity contribution is 7.17. The van der Waals surface area contributed by atoms with Gasteiger partial charge in [0.1, 0.15) is 5.69 Å². The number of rotatable bonds is 2. The number of benzene rings is 1. The fourth-order valence-corrected chi connectivity index (χ4v) is 5.18. The van der Waals surface area contributed by atoms with Crippen molar-refractivity contribution in [3.8, 4) is 0 Å². The van der Waals surface area contributed by atoms with Crippen LogP contribution in [0, 0.1) is 11.3 Å². The summed E-state index contributed by atoms with van der Waals surface area (Å²) in [5.41, 5.74) is 1.53. The van der Waals surface area contributed by atoms with Gasteiger partial charge in [-0.25, -0.2) is 4.98 Å². The summed E-state index contributed by atoms with van der Waals surface area (Å²) in [6, 6.07) is 6.76. The molecule has 1 aliphatic carbocycles. The number of thiazole rings is 1. The molecule has 0 saturated carbocycles. The highest BCUT2D eigenvalue weighted by Gasteiger charge is 2.31. The van der Waals surface area contributed by atoms with Crippen molar-refractivity contribution >= 4 is 39.5 Å². The molecular formula is C21H22ClN3O2S. The number of fused-ring (bicyclic) bond motifs is 3. The van der Waals surface area contributed by atoms with Crippen LogP contribution in [-0.2, 0) is 12.8 Å². The zero-order valence-corrected chi connectivity index (χ0v) is 17.7. The van der Waals surface area contributed by atoms with Crippen molar-refractivity contribution < 1.29 is 4.79 Å². The minimum absolute atomic E-state index is 0.168. The maximum absolute atomic E-state index is 13.1. The van der Waals surface area contributed by atoms with Crippen LogP contribution in [0.5, 0.6) is 0 Å². The van der Waals surface area contributed by atoms with Crippen LogP contribution in [0.2, 0.25) is 5.02 Å². The van der Waals surface area contributed by atoms with Crippen LogP contribution in [0.1, 0.15) is 48.1 Å². The van der Waals surface area contributed by atoms with Crippen molar-refractivity contribution in [2.45, 2.75) is 40.0 Å². The Kier molecular flexibility index (Phi) is 4.79. The van der Waals surface area contributed by atoms with E-state index in [0.717, 1.165) is 25.0 Å². The van der Waals surface area contributed by atoms with Crippen molar-refractivity contribution in [3.63, 3.8) is 0 Å². The van der Waals surface area contributed by atoms with Crippen molar-refractivity contribution in [1.82, 2.24) is 9.38 Å². The summed E-state index contributed by atoms with van der Waals surface area (Å²) in [6.45, 7) is 6.80. The maximum Gasteiger partial charge on any atom is 0.282 e. The first kappa shape index (κ1) is 19.2. The molecule has 0 radical (unpaired) electrons. The fraction of sp³-hybridized carbons (Fsp3) is 0.381. The third kappa shape index (κ3) is 3.35. The number of hydrogen-bond donors (Lipinski definition) is 1. The Bertz CT molecular complexity index is 1130. The predicted octanol–water partition coefficient (Wildman–Crippen LogP) is 4.81. The van der Waals surface area contributed by atoms with E-state index in [9.17, 15) is 9.59 Å². The first-order valence-electron chi connectivity index (χ1n) is 9.34. The van der Waals surface area contributed by atoms with Crippen molar-refractivity contribution in [1.29, 1.82) is 0 Å². The molecule has 3 aromatic rings. The molecule has 2 heterocycles. The van der Waals surface area contributed by atoms with Gasteiger partial charge in [0.15, 0.2) is 4.96 Å². The van der Waals surface area contributed by atoms with E-state index in [1.807, 2.05) is 0 Å². The standard InChI is InChI=1S/C21H22ClN3O2S/c1-21(2,3)12-8-9-16-17(10-12)28-20-23-11-15(19(27)25(16)20)24-18(26)13-6-4-5-7-14(13)22/h4-7,11-12H,8-10H2,1-3H3,(H,24,26)/t12-/m1/s1. The molecule has 0 bridgehead atoms. The van der Waals surface area contributed by atoms with Gasteiger partial charge in [0.2, 0.25) is 0 Å². The third-order valence-corrected chi connectivity index (χ3v) is 6.94. The molecule has 0 spiro atoms. The van der Waals surface area contributed by atoms with Gasteiger partial charge in [-0.05, 0) is 42.7 Å². The summed E-state index contributed by atoms with van der Waals surface area (Å²) in [5.74, 6) is 0.171. The van der Waals surface area contributed by atoms with E-state index in [0.29, 0.717) is 21.5 Å². The molecule has 1 atom stereocenters. The number of nitrogens with zero attached hydrogens (tertiary/aromatic N) is 2. The molecule has 146 valence electrons. The Morgan fingerprint density at radius 2 is 2.07 bits per heavy atom. The van der Waals surface area contributed by atoms with Gasteiger partial charge in [0.05, 0.1) is 16.8 Å². The lowest BCUT2D eigenvalue weighted by molar-refractivity contribution is 0.102. The lowest BCUT2D eigenvalue weighted by Gasteiger charge is -2.33. The summed E-state index contributed by atoms with van der Waals surface area (Å²) >= 11 is 7.67. The Balaban J connectivity index is 1.70. The summed E-state index contributed by atoms with van der Waals surface area (Å²) < 4.78 is 1.67. The smallest absolute Gasteiger partial charge is 0.282 e. The Morgan fingerprint density at radius 1 is 1.32 bits per heavy atom. The second kappa shape index (κ2) is 7.01. The van der Waals surface area contributed by atoms with Crippen LogP contribution in [0.25, 0.3) is 4.96 Å². The molecule has 5 nitrogen and oxygen atoms in total. The largest absolute Gasteiger partial charge is 0.316 e. The van der Waals surface area contributed by atoms with Gasteiger partial charge in [0, 0.05) is 10.6 Å². The lowest BCUT2D eigenvalue weighted by atomic mass is 9.73. The Labute approximate surface area is 172 Å². The molecular weight excluding hydrogens is 394 g/mol. The SMILES string of the molecule is CC(C)(C)[C@@H]1CCc2c(sc3ncc(NC(=O)c4ccccc4Cl)c(=O)n23)C1. The van der Waals surface area contributed by atoms with Crippen molar-refractivity contribution in [2.24, 2.45) is 11.3 Å². The highest BCUT2D eigenvalue weighted by atomic mass is 35.5. The minimum atomic E-state index is -0.415. The first-order chi connectivity index (χ1) is 13.3. The summed E-state index contributed by atoms with van der Waals surface area (Å²) in [7, 11) is 0. The van der Waals surface area contributed by atoms with E-state index in [4.69, 9.17) is 11.6 Å². The summed E-state index contributed by atoms with van der Waals surface area (Å²) in [6.07, 6.45) is 4.30. The van der Waals surface area contributed by atoms with Crippen LogP contribution in [0.15, 0.2) is 35.3 Å². The van der Waals surface area contributed by atoms with E-state index in [-0.39, 0.29) is 16.7 Å². The van der Waals surface area contributed by atoms with Crippen LogP contribution in [-0.4, -0.2) is 15.3 Å². The fourth-order valence-electron chi connectivity index (χ4n) is 3.75. The lowest BCUT2D eigenvalue weighted by Crippen LogP contribution is -2.28. The normalized spacial score (nSPS) is 16.8. The number of nitrogens with one attached hydrogen (secondary N) is 1. The molecule has 1 amide bonds. The number of aromatic nitrogens is 2. The van der Waals surface area contributed by atoms with Gasteiger partial charge < -0.3 is 5.32 Å². The minimum Gasteiger partial charge on any atom is -0.316 e. The van der Waals surface area contributed by atoms with Crippen LogP contribution >= 0.6 is 22.9 Å². The monoisotopic (exact) mass is 415 g/mol. The molecule has 4 rings (SSSR count). The molecule has 2 aromatic heterocycles. The average molecular weight is 416 g/mol. The molecule has 7 heteroatoms. The molecule has 1 aliphatic rings. The average Bonchev–Trinajstić information content (AvgIpc) is 3.02. The van der Waals surface area contributed by atoms with E-state index >= 15 is 0 Å². The topological polar surface area (TPSA) is 63.5 Å². The van der Waals surface area contributed by atoms with E-state index in [1.54, 1.807) is 40.0 Å². The van der Waals surface area contributed by atoms with E-state index in [2.05, 4.69) is 31.1 Å². The second-order valence-electron chi connectivity index (χ2n) is 8.31. The Hall–Kier alpha value is -2.18. The molecule has 0 fully saturated rings. The van der Waals surface area contributed by atoms with Crippen LogP contribution < -0.4 is 10.9 Å². The number of anilines is 1. The van der Waals surface area contributed by atoms with E-state index < -0.39 is 5.91 Å². The number of aryl methyl sites for hydroxylation is 1. The van der Waals surface area contributed by atoms with E-state index in [1.165, 1.54) is 11.1 Å². The number of carbonyl (C=O) groups excluding carboxylic acids is 1. The Morgan fingerprint density at radius 3 is 2.79 bits per heavy atom.